The number of methoxy groups -OCH3 is 1. The van der Waals surface area contributed by atoms with E-state index in [-0.39, 0.29) is 5.91 Å². The summed E-state index contributed by atoms with van der Waals surface area (Å²) in [7, 11) is 1.56. The second kappa shape index (κ2) is 7.30. The molecule has 0 fully saturated rings. The minimum Gasteiger partial charge on any atom is -0.480 e. The molecule has 5 nitrogen and oxygen atoms in total. The number of nitrogens with zero attached hydrogens (tertiary/aromatic N) is 1. The SMILES string of the molecule is COCCNC(=O)C(C)Oc1ccccc1C#N. The van der Waals surface area contributed by atoms with Gasteiger partial charge in [0, 0.05) is 13.7 Å². The van der Waals surface area contributed by atoms with Crippen molar-refractivity contribution in [2.45, 2.75) is 13.0 Å². The van der Waals surface area contributed by atoms with E-state index in [9.17, 15) is 4.79 Å². The Bertz CT molecular complexity index is 440. The number of hydrogen-bond donors (Lipinski definition) is 1. The average Bonchev–Trinajstić information content (AvgIpc) is 2.39. The van der Waals surface area contributed by atoms with Gasteiger partial charge < -0.3 is 14.8 Å². The molecule has 0 aliphatic heterocycles. The highest BCUT2D eigenvalue weighted by atomic mass is 16.5. The van der Waals surface area contributed by atoms with E-state index in [1.807, 2.05) is 6.07 Å². The second-order valence-corrected chi connectivity index (χ2v) is 3.65. The quantitative estimate of drug-likeness (QED) is 0.765. The van der Waals surface area contributed by atoms with E-state index < -0.39 is 6.10 Å². The molecule has 1 amide bonds. The van der Waals surface area contributed by atoms with E-state index >= 15 is 0 Å². The number of benzene rings is 1. The summed E-state index contributed by atoms with van der Waals surface area (Å²) < 4.78 is 10.3. The summed E-state index contributed by atoms with van der Waals surface area (Å²) in [6, 6.07) is 8.82. The van der Waals surface area contributed by atoms with Crippen molar-refractivity contribution in [2.75, 3.05) is 20.3 Å². The Morgan fingerprint density at radius 3 is 2.89 bits per heavy atom. The van der Waals surface area contributed by atoms with Crippen LogP contribution in [0.2, 0.25) is 0 Å². The molecule has 1 N–H and O–H groups in total. The summed E-state index contributed by atoms with van der Waals surface area (Å²) >= 11 is 0. The van der Waals surface area contributed by atoms with Gasteiger partial charge in [-0.15, -0.1) is 0 Å². The van der Waals surface area contributed by atoms with E-state index in [0.717, 1.165) is 0 Å². The van der Waals surface area contributed by atoms with Crippen LogP contribution in [0.25, 0.3) is 0 Å². The molecule has 0 aliphatic rings. The molecule has 0 saturated carbocycles. The molecule has 0 saturated heterocycles. The van der Waals surface area contributed by atoms with Crippen LogP contribution in [-0.4, -0.2) is 32.3 Å². The summed E-state index contributed by atoms with van der Waals surface area (Å²) in [4.78, 5) is 11.6. The molecule has 0 bridgehead atoms. The van der Waals surface area contributed by atoms with E-state index in [1.54, 1.807) is 38.3 Å². The highest BCUT2D eigenvalue weighted by Gasteiger charge is 2.15. The number of nitriles is 1. The van der Waals surface area contributed by atoms with Gasteiger partial charge in [0.25, 0.3) is 5.91 Å². The lowest BCUT2D eigenvalue weighted by atomic mass is 10.2. The van der Waals surface area contributed by atoms with Crippen LogP contribution in [0.5, 0.6) is 5.75 Å². The standard InChI is InChI=1S/C13H16N2O3/c1-10(13(16)15-7-8-17-2)18-12-6-4-3-5-11(12)9-14/h3-6,10H,7-8H2,1-2H3,(H,15,16). The van der Waals surface area contributed by atoms with E-state index in [0.29, 0.717) is 24.5 Å². The van der Waals surface area contributed by atoms with Gasteiger partial charge in [-0.05, 0) is 19.1 Å². The van der Waals surface area contributed by atoms with Gasteiger partial charge in [-0.3, -0.25) is 4.79 Å². The lowest BCUT2D eigenvalue weighted by Gasteiger charge is -2.15. The van der Waals surface area contributed by atoms with Crippen LogP contribution < -0.4 is 10.1 Å². The number of carbonyl (C=O) groups excluding carboxylic acids is 1. The van der Waals surface area contributed by atoms with Gasteiger partial charge in [0.15, 0.2) is 6.10 Å². The Balaban J connectivity index is 2.56. The smallest absolute Gasteiger partial charge is 0.260 e. The molecule has 96 valence electrons. The van der Waals surface area contributed by atoms with Crippen molar-refractivity contribution >= 4 is 5.91 Å². The predicted octanol–water partition coefficient (Wildman–Crippen LogP) is 1.09. The van der Waals surface area contributed by atoms with Gasteiger partial charge in [-0.25, -0.2) is 0 Å². The zero-order chi connectivity index (χ0) is 13.4. The summed E-state index contributed by atoms with van der Waals surface area (Å²) in [5.41, 5.74) is 0.411. The average molecular weight is 248 g/mol. The second-order valence-electron chi connectivity index (χ2n) is 3.65. The Hall–Kier alpha value is -2.06. The van der Waals surface area contributed by atoms with Crippen molar-refractivity contribution in [1.82, 2.24) is 5.32 Å². The fourth-order valence-corrected chi connectivity index (χ4v) is 1.33. The van der Waals surface area contributed by atoms with Crippen molar-refractivity contribution in [3.8, 4) is 11.8 Å². The van der Waals surface area contributed by atoms with Gasteiger partial charge in [0.1, 0.15) is 11.8 Å². The van der Waals surface area contributed by atoms with Crippen molar-refractivity contribution in [3.63, 3.8) is 0 Å². The fourth-order valence-electron chi connectivity index (χ4n) is 1.33. The number of rotatable bonds is 6. The first-order chi connectivity index (χ1) is 8.69. The van der Waals surface area contributed by atoms with Crippen LogP contribution >= 0.6 is 0 Å². The number of hydrogen-bond acceptors (Lipinski definition) is 4. The zero-order valence-corrected chi connectivity index (χ0v) is 10.5. The first-order valence-electron chi connectivity index (χ1n) is 5.61. The van der Waals surface area contributed by atoms with Crippen molar-refractivity contribution in [1.29, 1.82) is 5.26 Å². The molecule has 1 aromatic rings. The first-order valence-corrected chi connectivity index (χ1v) is 5.61. The minimum absolute atomic E-state index is 0.236. The monoisotopic (exact) mass is 248 g/mol. The molecule has 1 unspecified atom stereocenters. The summed E-state index contributed by atoms with van der Waals surface area (Å²) in [5.74, 6) is 0.175. The van der Waals surface area contributed by atoms with E-state index in [4.69, 9.17) is 14.7 Å². The number of nitrogens with one attached hydrogen (secondary N) is 1. The minimum atomic E-state index is -0.656. The van der Waals surface area contributed by atoms with Crippen LogP contribution in [0.15, 0.2) is 24.3 Å². The van der Waals surface area contributed by atoms with Crippen LogP contribution in [-0.2, 0) is 9.53 Å². The van der Waals surface area contributed by atoms with E-state index in [2.05, 4.69) is 5.32 Å². The molecular weight excluding hydrogens is 232 g/mol. The number of para-hydroxylation sites is 1. The normalized spacial score (nSPS) is 11.4. The zero-order valence-electron chi connectivity index (χ0n) is 10.5. The Morgan fingerprint density at radius 2 is 2.22 bits per heavy atom. The maximum atomic E-state index is 11.6. The maximum absolute atomic E-state index is 11.6. The molecule has 1 atom stereocenters. The molecule has 0 radical (unpaired) electrons. The van der Waals surface area contributed by atoms with E-state index in [1.165, 1.54) is 0 Å². The fraction of sp³-hybridized carbons (Fsp3) is 0.385. The molecule has 18 heavy (non-hydrogen) atoms. The summed E-state index contributed by atoms with van der Waals surface area (Å²) in [5, 5.41) is 11.6. The largest absolute Gasteiger partial charge is 0.480 e. The topological polar surface area (TPSA) is 71.3 Å². The van der Waals surface area contributed by atoms with Gasteiger partial charge in [0.2, 0.25) is 0 Å². The molecule has 0 aromatic heterocycles. The number of carbonyl (C=O) groups is 1. The number of amides is 1. The molecular formula is C13H16N2O3. The molecule has 5 heteroatoms. The van der Waals surface area contributed by atoms with Gasteiger partial charge in [0.05, 0.1) is 12.2 Å². The Morgan fingerprint density at radius 1 is 1.50 bits per heavy atom. The molecule has 1 aromatic carbocycles. The van der Waals surface area contributed by atoms with Crippen LogP contribution in [0.4, 0.5) is 0 Å². The maximum Gasteiger partial charge on any atom is 0.260 e. The van der Waals surface area contributed by atoms with Gasteiger partial charge in [-0.1, -0.05) is 12.1 Å². The third-order valence-corrected chi connectivity index (χ3v) is 2.29. The predicted molar refractivity (Wildman–Crippen MR) is 66.1 cm³/mol. The van der Waals surface area contributed by atoms with Crippen LogP contribution in [0.1, 0.15) is 12.5 Å². The van der Waals surface area contributed by atoms with Crippen molar-refractivity contribution in [2.24, 2.45) is 0 Å². The Labute approximate surface area is 106 Å². The molecule has 0 spiro atoms. The first kappa shape index (κ1) is 14.0. The molecule has 1 rings (SSSR count). The van der Waals surface area contributed by atoms with Crippen molar-refractivity contribution in [3.05, 3.63) is 29.8 Å². The molecule has 0 aliphatic carbocycles. The lowest BCUT2D eigenvalue weighted by molar-refractivity contribution is -0.127. The summed E-state index contributed by atoms with van der Waals surface area (Å²) in [6.07, 6.45) is -0.656. The van der Waals surface area contributed by atoms with Crippen LogP contribution in [0.3, 0.4) is 0 Å². The van der Waals surface area contributed by atoms with Gasteiger partial charge >= 0.3 is 0 Å². The third kappa shape index (κ3) is 4.07. The molecule has 0 heterocycles. The lowest BCUT2D eigenvalue weighted by Crippen LogP contribution is -2.38. The third-order valence-electron chi connectivity index (χ3n) is 2.29. The Kier molecular flexibility index (Phi) is 5.68. The highest BCUT2D eigenvalue weighted by molar-refractivity contribution is 5.80. The van der Waals surface area contributed by atoms with Crippen molar-refractivity contribution < 1.29 is 14.3 Å². The van der Waals surface area contributed by atoms with Crippen LogP contribution in [0, 0.1) is 11.3 Å². The highest BCUT2D eigenvalue weighted by Crippen LogP contribution is 2.17. The summed E-state index contributed by atoms with van der Waals surface area (Å²) in [6.45, 7) is 2.52. The van der Waals surface area contributed by atoms with Gasteiger partial charge in [-0.2, -0.15) is 5.26 Å². The number of ether oxygens (including phenoxy) is 2.